The van der Waals surface area contributed by atoms with E-state index in [1.54, 1.807) is 18.0 Å². The van der Waals surface area contributed by atoms with Gasteiger partial charge in [-0.2, -0.15) is 10.2 Å². The summed E-state index contributed by atoms with van der Waals surface area (Å²) in [6.07, 6.45) is 1.60. The third-order valence-corrected chi connectivity index (χ3v) is 4.34. The number of nitrogens with one attached hydrogen (secondary N) is 2. The summed E-state index contributed by atoms with van der Waals surface area (Å²) in [6, 6.07) is 7.59. The van der Waals surface area contributed by atoms with E-state index >= 15 is 0 Å². The van der Waals surface area contributed by atoms with Crippen LogP contribution in [0.3, 0.4) is 0 Å². The zero-order valence-electron chi connectivity index (χ0n) is 13.9. The van der Waals surface area contributed by atoms with Crippen LogP contribution in [0.2, 0.25) is 10.2 Å². The van der Waals surface area contributed by atoms with Crippen molar-refractivity contribution in [3.63, 3.8) is 0 Å². The van der Waals surface area contributed by atoms with Crippen molar-refractivity contribution in [2.45, 2.75) is 13.5 Å². The number of nitrogens with zero attached hydrogens (tertiary/aromatic N) is 3. The Morgan fingerprint density at radius 1 is 1.40 bits per heavy atom. The maximum Gasteiger partial charge on any atom is 0.187 e. The first kappa shape index (κ1) is 19.7. The third-order valence-electron chi connectivity index (χ3n) is 3.34. The lowest BCUT2D eigenvalue weighted by Crippen LogP contribution is -2.34. The highest BCUT2D eigenvalue weighted by Gasteiger charge is 2.13. The fraction of sp³-hybridized carbons (Fsp3) is 0.312. The summed E-state index contributed by atoms with van der Waals surface area (Å²) in [4.78, 5) is 0. The van der Waals surface area contributed by atoms with Gasteiger partial charge in [0.25, 0.3) is 0 Å². The molecule has 1 aromatic heterocycles. The molecule has 25 heavy (non-hydrogen) atoms. The van der Waals surface area contributed by atoms with Crippen molar-refractivity contribution in [3.05, 3.63) is 51.3 Å². The molecule has 0 saturated carbocycles. The van der Waals surface area contributed by atoms with Gasteiger partial charge in [-0.1, -0.05) is 41.4 Å². The third kappa shape index (κ3) is 5.67. The van der Waals surface area contributed by atoms with Crippen molar-refractivity contribution in [2.24, 2.45) is 5.10 Å². The van der Waals surface area contributed by atoms with Crippen LogP contribution in [-0.4, -0.2) is 41.4 Å². The highest BCUT2D eigenvalue weighted by atomic mass is 35.5. The molecule has 6 nitrogen and oxygen atoms in total. The number of rotatable bonds is 7. The van der Waals surface area contributed by atoms with Crippen molar-refractivity contribution < 1.29 is 4.74 Å². The molecule has 0 saturated heterocycles. The van der Waals surface area contributed by atoms with Gasteiger partial charge in [-0.25, -0.2) is 4.68 Å². The summed E-state index contributed by atoms with van der Waals surface area (Å²) in [5, 5.41) is 13.1. The van der Waals surface area contributed by atoms with Crippen molar-refractivity contribution in [1.82, 2.24) is 20.5 Å². The van der Waals surface area contributed by atoms with Crippen LogP contribution in [-0.2, 0) is 11.3 Å². The van der Waals surface area contributed by atoms with Gasteiger partial charge >= 0.3 is 0 Å². The Balaban J connectivity index is 2.03. The van der Waals surface area contributed by atoms with E-state index in [0.717, 1.165) is 16.8 Å². The first-order valence-electron chi connectivity index (χ1n) is 7.55. The molecule has 0 radical (unpaired) electrons. The Morgan fingerprint density at radius 3 is 2.88 bits per heavy atom. The van der Waals surface area contributed by atoms with Gasteiger partial charge in [0.05, 0.1) is 30.6 Å². The molecular formula is C16H19Cl2N5OS. The Morgan fingerprint density at radius 2 is 2.16 bits per heavy atom. The molecule has 2 rings (SSSR count). The first-order valence-corrected chi connectivity index (χ1v) is 8.71. The Labute approximate surface area is 162 Å². The topological polar surface area (TPSA) is 63.5 Å². The van der Waals surface area contributed by atoms with Crippen molar-refractivity contribution in [1.29, 1.82) is 0 Å². The van der Waals surface area contributed by atoms with Crippen LogP contribution in [0.15, 0.2) is 29.4 Å². The number of hydrogen-bond acceptors (Lipinski definition) is 4. The van der Waals surface area contributed by atoms with Gasteiger partial charge < -0.3 is 10.1 Å². The highest BCUT2D eigenvalue weighted by Crippen LogP contribution is 2.22. The standard InChI is InChI=1S/C16H19Cl2N5OS/c1-11-13(9-20-21-16(25)19-7-8-24-2)15(18)23(22-11)10-12-5-3-4-6-14(12)17/h3-6,9H,7-8,10H2,1-2H3,(H2,19,21,25)/b20-9-. The van der Waals surface area contributed by atoms with Crippen LogP contribution in [0.4, 0.5) is 0 Å². The Kier molecular flexibility index (Phi) is 7.64. The fourth-order valence-electron chi connectivity index (χ4n) is 2.07. The fourth-order valence-corrected chi connectivity index (χ4v) is 2.70. The summed E-state index contributed by atoms with van der Waals surface area (Å²) in [5.41, 5.74) is 5.16. The molecule has 1 heterocycles. The highest BCUT2D eigenvalue weighted by molar-refractivity contribution is 7.80. The minimum Gasteiger partial charge on any atom is -0.383 e. The molecular weight excluding hydrogens is 381 g/mol. The van der Waals surface area contributed by atoms with E-state index in [-0.39, 0.29) is 0 Å². The van der Waals surface area contributed by atoms with E-state index in [2.05, 4.69) is 20.9 Å². The molecule has 0 fully saturated rings. The number of hydrazone groups is 1. The maximum atomic E-state index is 6.42. The second kappa shape index (κ2) is 9.72. The maximum absolute atomic E-state index is 6.42. The normalized spacial score (nSPS) is 11.0. The molecule has 1 aromatic carbocycles. The number of benzene rings is 1. The number of hydrogen-bond donors (Lipinski definition) is 2. The minimum absolute atomic E-state index is 0.408. The van der Waals surface area contributed by atoms with E-state index in [9.17, 15) is 0 Å². The molecule has 0 atom stereocenters. The molecule has 2 aromatic rings. The average molecular weight is 400 g/mol. The predicted octanol–water partition coefficient (Wildman–Crippen LogP) is 2.99. The lowest BCUT2D eigenvalue weighted by Gasteiger charge is -2.06. The lowest BCUT2D eigenvalue weighted by molar-refractivity contribution is 0.204. The number of thiocarbonyl (C=S) groups is 1. The van der Waals surface area contributed by atoms with E-state index in [1.807, 2.05) is 31.2 Å². The van der Waals surface area contributed by atoms with Crippen LogP contribution in [0.25, 0.3) is 0 Å². The van der Waals surface area contributed by atoms with E-state index in [0.29, 0.717) is 35.0 Å². The van der Waals surface area contributed by atoms with Gasteiger partial charge in [0.1, 0.15) is 5.15 Å². The van der Waals surface area contributed by atoms with Crippen LogP contribution in [0.5, 0.6) is 0 Å². The second-order valence-electron chi connectivity index (χ2n) is 5.16. The van der Waals surface area contributed by atoms with Gasteiger partial charge in [-0.05, 0) is 30.8 Å². The van der Waals surface area contributed by atoms with E-state index in [4.69, 9.17) is 40.2 Å². The predicted molar refractivity (Wildman–Crippen MR) is 106 cm³/mol. The molecule has 9 heteroatoms. The summed E-state index contributed by atoms with van der Waals surface area (Å²) in [7, 11) is 1.63. The number of ether oxygens (including phenoxy) is 1. The lowest BCUT2D eigenvalue weighted by atomic mass is 10.2. The smallest absolute Gasteiger partial charge is 0.187 e. The van der Waals surface area contributed by atoms with Crippen molar-refractivity contribution in [2.75, 3.05) is 20.3 Å². The number of aryl methyl sites for hydroxylation is 1. The van der Waals surface area contributed by atoms with Crippen LogP contribution in [0.1, 0.15) is 16.8 Å². The second-order valence-corrected chi connectivity index (χ2v) is 6.33. The average Bonchev–Trinajstić information content (AvgIpc) is 2.84. The van der Waals surface area contributed by atoms with Gasteiger partial charge in [-0.15, -0.1) is 0 Å². The Hall–Kier alpha value is -1.67. The molecule has 134 valence electrons. The molecule has 0 amide bonds. The number of aromatic nitrogens is 2. The molecule has 0 aliphatic heterocycles. The van der Waals surface area contributed by atoms with Gasteiger partial charge in [0.2, 0.25) is 0 Å². The summed E-state index contributed by atoms with van der Waals surface area (Å²) >= 11 is 17.7. The summed E-state index contributed by atoms with van der Waals surface area (Å²) in [6.45, 7) is 3.52. The SMILES string of the molecule is COCCNC(=S)N/N=C\c1c(C)nn(Cc2ccccc2Cl)c1Cl. The van der Waals surface area contributed by atoms with Gasteiger partial charge in [-0.3, -0.25) is 5.43 Å². The summed E-state index contributed by atoms with van der Waals surface area (Å²) in [5.74, 6) is 0. The van der Waals surface area contributed by atoms with E-state index in [1.165, 1.54) is 0 Å². The van der Waals surface area contributed by atoms with Crippen molar-refractivity contribution >= 4 is 46.7 Å². The molecule has 0 aliphatic carbocycles. The van der Waals surface area contributed by atoms with E-state index < -0.39 is 0 Å². The van der Waals surface area contributed by atoms with Crippen molar-refractivity contribution in [3.8, 4) is 0 Å². The van der Waals surface area contributed by atoms with Gasteiger partial charge in [0, 0.05) is 18.7 Å². The van der Waals surface area contributed by atoms with Crippen LogP contribution < -0.4 is 10.7 Å². The first-order chi connectivity index (χ1) is 12.0. The van der Waals surface area contributed by atoms with Crippen LogP contribution in [0, 0.1) is 6.92 Å². The largest absolute Gasteiger partial charge is 0.383 e. The van der Waals surface area contributed by atoms with Crippen LogP contribution >= 0.6 is 35.4 Å². The Bertz CT molecular complexity index is 763. The molecule has 0 aliphatic rings. The number of methoxy groups -OCH3 is 1. The minimum atomic E-state index is 0.408. The molecule has 0 spiro atoms. The number of halogens is 2. The molecule has 0 unspecified atom stereocenters. The zero-order chi connectivity index (χ0) is 18.2. The monoisotopic (exact) mass is 399 g/mol. The summed E-state index contributed by atoms with van der Waals surface area (Å²) < 4.78 is 6.62. The zero-order valence-corrected chi connectivity index (χ0v) is 16.3. The molecule has 2 N–H and O–H groups in total. The quantitative estimate of drug-likeness (QED) is 0.324. The molecule has 0 bridgehead atoms. The van der Waals surface area contributed by atoms with Gasteiger partial charge in [0.15, 0.2) is 5.11 Å².